The molecule has 0 spiro atoms. The number of nitrogens with one attached hydrogen (secondary N) is 2. The highest BCUT2D eigenvalue weighted by molar-refractivity contribution is 5.57. The van der Waals surface area contributed by atoms with Gasteiger partial charge in [0.15, 0.2) is 5.82 Å². The summed E-state index contributed by atoms with van der Waals surface area (Å²) in [5, 5.41) is 23.1. The molecule has 7 heteroatoms. The van der Waals surface area contributed by atoms with Crippen molar-refractivity contribution in [1.82, 2.24) is 15.2 Å². The predicted octanol–water partition coefficient (Wildman–Crippen LogP) is 3.15. The van der Waals surface area contributed by atoms with Gasteiger partial charge in [-0.05, 0) is 48.4 Å². The van der Waals surface area contributed by atoms with Crippen LogP contribution in [-0.4, -0.2) is 28.8 Å². The van der Waals surface area contributed by atoms with Crippen LogP contribution in [0.25, 0.3) is 0 Å². The first-order chi connectivity index (χ1) is 12.8. The summed E-state index contributed by atoms with van der Waals surface area (Å²) in [7, 11) is 1.65. The second-order valence-electron chi connectivity index (χ2n) is 5.50. The normalized spacial score (nSPS) is 10.0. The lowest BCUT2D eigenvalue weighted by Gasteiger charge is -2.08. The van der Waals surface area contributed by atoms with Crippen LogP contribution in [0.4, 0.5) is 17.5 Å². The maximum atomic E-state index is 8.83. The van der Waals surface area contributed by atoms with Crippen LogP contribution >= 0.6 is 0 Å². The molecule has 0 saturated heterocycles. The number of ether oxygens (including phenoxy) is 1. The van der Waals surface area contributed by atoms with Gasteiger partial charge in [-0.15, -0.1) is 5.10 Å². The van der Waals surface area contributed by atoms with E-state index >= 15 is 0 Å². The van der Waals surface area contributed by atoms with Gasteiger partial charge in [-0.1, -0.05) is 12.1 Å². The molecule has 3 aromatic rings. The topological polar surface area (TPSA) is 95.8 Å². The zero-order chi connectivity index (χ0) is 18.2. The molecule has 26 heavy (non-hydrogen) atoms. The molecular weight excluding hydrogens is 328 g/mol. The number of methoxy groups -OCH3 is 1. The highest BCUT2D eigenvalue weighted by atomic mass is 16.5. The van der Waals surface area contributed by atoms with Gasteiger partial charge in [0.05, 0.1) is 24.9 Å². The van der Waals surface area contributed by atoms with Gasteiger partial charge in [0, 0.05) is 12.2 Å². The fraction of sp³-hybridized carbons (Fsp3) is 0.158. The van der Waals surface area contributed by atoms with Gasteiger partial charge in [0.2, 0.25) is 5.95 Å². The zero-order valence-corrected chi connectivity index (χ0v) is 14.3. The maximum absolute atomic E-state index is 8.83. The zero-order valence-electron chi connectivity index (χ0n) is 14.3. The number of rotatable bonds is 7. The van der Waals surface area contributed by atoms with E-state index < -0.39 is 0 Å². The van der Waals surface area contributed by atoms with Crippen LogP contribution in [0.2, 0.25) is 0 Å². The molecule has 0 aliphatic heterocycles. The lowest BCUT2D eigenvalue weighted by atomic mass is 10.1. The van der Waals surface area contributed by atoms with Crippen molar-refractivity contribution in [1.29, 1.82) is 5.26 Å². The number of benzene rings is 2. The Bertz CT molecular complexity index is 887. The first-order valence-corrected chi connectivity index (χ1v) is 8.10. The van der Waals surface area contributed by atoms with E-state index in [1.165, 1.54) is 5.56 Å². The van der Waals surface area contributed by atoms with E-state index in [9.17, 15) is 0 Å². The summed E-state index contributed by atoms with van der Waals surface area (Å²) >= 11 is 0. The first-order valence-electron chi connectivity index (χ1n) is 8.10. The molecule has 0 atom stereocenters. The van der Waals surface area contributed by atoms with Crippen molar-refractivity contribution in [2.45, 2.75) is 6.42 Å². The van der Waals surface area contributed by atoms with Gasteiger partial charge in [-0.3, -0.25) is 0 Å². The van der Waals surface area contributed by atoms with Gasteiger partial charge in [-0.2, -0.15) is 15.3 Å². The molecule has 0 bridgehead atoms. The fourth-order valence-electron chi connectivity index (χ4n) is 2.33. The van der Waals surface area contributed by atoms with Gasteiger partial charge in [0.25, 0.3) is 0 Å². The Hall–Kier alpha value is -3.66. The Morgan fingerprint density at radius 1 is 1.08 bits per heavy atom. The third-order valence-corrected chi connectivity index (χ3v) is 3.70. The van der Waals surface area contributed by atoms with Crippen LogP contribution in [-0.2, 0) is 6.42 Å². The lowest BCUT2D eigenvalue weighted by molar-refractivity contribution is 0.414. The molecule has 1 aromatic heterocycles. The summed E-state index contributed by atoms with van der Waals surface area (Å²) in [5.74, 6) is 1.88. The minimum Gasteiger partial charge on any atom is -0.497 e. The van der Waals surface area contributed by atoms with Crippen LogP contribution in [0.3, 0.4) is 0 Å². The van der Waals surface area contributed by atoms with E-state index in [0.717, 1.165) is 17.9 Å². The standard InChI is InChI=1S/C19H18N6O/c1-26-17-8-4-14(5-9-17)10-11-21-19-24-18(13-22-25-19)23-16-6-2-15(12-20)3-7-16/h2-9,13H,10-11H2,1H3,(H2,21,23,24,25). The molecule has 130 valence electrons. The molecule has 2 N–H and O–H groups in total. The Labute approximate surface area is 151 Å². The minimum atomic E-state index is 0.456. The highest BCUT2D eigenvalue weighted by Crippen LogP contribution is 2.15. The second kappa shape index (κ2) is 8.44. The third-order valence-electron chi connectivity index (χ3n) is 3.70. The molecule has 1 heterocycles. The number of hydrogen-bond donors (Lipinski definition) is 2. The smallest absolute Gasteiger partial charge is 0.244 e. The largest absolute Gasteiger partial charge is 0.497 e. The number of anilines is 3. The van der Waals surface area contributed by atoms with Crippen molar-refractivity contribution in [2.75, 3.05) is 24.3 Å². The summed E-state index contributed by atoms with van der Waals surface area (Å²) in [6.07, 6.45) is 2.38. The summed E-state index contributed by atoms with van der Waals surface area (Å²) in [6, 6.07) is 17.1. The molecule has 0 saturated carbocycles. The van der Waals surface area contributed by atoms with Gasteiger partial charge >= 0.3 is 0 Å². The van der Waals surface area contributed by atoms with E-state index in [1.807, 2.05) is 36.4 Å². The number of hydrogen-bond acceptors (Lipinski definition) is 7. The van der Waals surface area contributed by atoms with E-state index in [2.05, 4.69) is 31.9 Å². The fourth-order valence-corrected chi connectivity index (χ4v) is 2.33. The molecule has 3 rings (SSSR count). The first kappa shape index (κ1) is 17.2. The van der Waals surface area contributed by atoms with Crippen LogP contribution in [0.15, 0.2) is 54.7 Å². The van der Waals surface area contributed by atoms with Crippen molar-refractivity contribution in [3.63, 3.8) is 0 Å². The number of aromatic nitrogens is 3. The van der Waals surface area contributed by atoms with Crippen LogP contribution in [0.1, 0.15) is 11.1 Å². The Morgan fingerprint density at radius 3 is 2.54 bits per heavy atom. The van der Waals surface area contributed by atoms with Gasteiger partial charge < -0.3 is 15.4 Å². The maximum Gasteiger partial charge on any atom is 0.244 e. The monoisotopic (exact) mass is 346 g/mol. The number of nitrogens with zero attached hydrogens (tertiary/aromatic N) is 4. The molecule has 0 fully saturated rings. The Morgan fingerprint density at radius 2 is 1.85 bits per heavy atom. The average Bonchev–Trinajstić information content (AvgIpc) is 2.69. The summed E-state index contributed by atoms with van der Waals surface area (Å²) in [5.41, 5.74) is 2.63. The van der Waals surface area contributed by atoms with E-state index in [1.54, 1.807) is 25.4 Å². The van der Waals surface area contributed by atoms with E-state index in [4.69, 9.17) is 10.00 Å². The second-order valence-corrected chi connectivity index (χ2v) is 5.50. The molecule has 2 aromatic carbocycles. The number of nitriles is 1. The Kier molecular flexibility index (Phi) is 5.58. The molecular formula is C19H18N6O. The summed E-state index contributed by atoms with van der Waals surface area (Å²) in [4.78, 5) is 4.39. The average molecular weight is 346 g/mol. The van der Waals surface area contributed by atoms with Crippen LogP contribution in [0.5, 0.6) is 5.75 Å². The van der Waals surface area contributed by atoms with Crippen molar-refractivity contribution in [3.05, 3.63) is 65.9 Å². The Balaban J connectivity index is 1.55. The summed E-state index contributed by atoms with van der Waals surface area (Å²) < 4.78 is 5.15. The molecule has 0 amide bonds. The van der Waals surface area contributed by atoms with E-state index in [0.29, 0.717) is 23.9 Å². The quantitative estimate of drug-likeness (QED) is 0.678. The summed E-state index contributed by atoms with van der Waals surface area (Å²) in [6.45, 7) is 0.689. The van der Waals surface area contributed by atoms with Crippen molar-refractivity contribution in [2.24, 2.45) is 0 Å². The molecule has 7 nitrogen and oxygen atoms in total. The highest BCUT2D eigenvalue weighted by Gasteiger charge is 2.02. The molecule has 0 aliphatic rings. The minimum absolute atomic E-state index is 0.456. The van der Waals surface area contributed by atoms with Crippen LogP contribution < -0.4 is 15.4 Å². The van der Waals surface area contributed by atoms with Crippen molar-refractivity contribution in [3.8, 4) is 11.8 Å². The molecule has 0 unspecified atom stereocenters. The SMILES string of the molecule is COc1ccc(CCNc2nncc(Nc3ccc(C#N)cc3)n2)cc1. The van der Waals surface area contributed by atoms with Crippen LogP contribution in [0, 0.1) is 11.3 Å². The van der Waals surface area contributed by atoms with Crippen molar-refractivity contribution >= 4 is 17.5 Å². The molecule has 0 radical (unpaired) electrons. The lowest BCUT2D eigenvalue weighted by Crippen LogP contribution is -2.09. The van der Waals surface area contributed by atoms with E-state index in [-0.39, 0.29) is 0 Å². The van der Waals surface area contributed by atoms with Crippen molar-refractivity contribution < 1.29 is 4.74 Å². The van der Waals surface area contributed by atoms with Gasteiger partial charge in [0.1, 0.15) is 5.75 Å². The predicted molar refractivity (Wildman–Crippen MR) is 99.5 cm³/mol. The van der Waals surface area contributed by atoms with Gasteiger partial charge in [-0.25, -0.2) is 0 Å². The third kappa shape index (κ3) is 4.68. The molecule has 0 aliphatic carbocycles.